The first kappa shape index (κ1) is 65.6. The molecule has 3 N–H and O–H groups in total. The maximum absolute atomic E-state index is 12.5. The molecule has 0 aliphatic heterocycles. The summed E-state index contributed by atoms with van der Waals surface area (Å²) in [6, 6.07) is -0.544. The molecule has 0 aliphatic rings. The molecule has 0 spiro atoms. The van der Waals surface area contributed by atoms with Crippen LogP contribution in [-0.2, 0) is 4.79 Å². The van der Waals surface area contributed by atoms with Crippen molar-refractivity contribution in [2.45, 2.75) is 309 Å². The highest BCUT2D eigenvalue weighted by Gasteiger charge is 2.20. The Morgan fingerprint density at radius 1 is 0.368 bits per heavy atom. The molecule has 2 unspecified atom stereocenters. The Kier molecular flexibility index (Phi) is 56.8. The van der Waals surface area contributed by atoms with Crippen LogP contribution < -0.4 is 5.32 Å². The molecule has 0 fully saturated rings. The van der Waals surface area contributed by atoms with Gasteiger partial charge >= 0.3 is 0 Å². The number of hydrogen-bond donors (Lipinski definition) is 3. The van der Waals surface area contributed by atoms with Crippen LogP contribution in [-0.4, -0.2) is 34.9 Å². The molecule has 1 amide bonds. The van der Waals surface area contributed by atoms with Gasteiger partial charge in [-0.1, -0.05) is 304 Å². The molecular formula is C64H115NO3. The summed E-state index contributed by atoms with van der Waals surface area (Å²) < 4.78 is 0. The quantitative estimate of drug-likeness (QED) is 0.0420. The molecule has 0 saturated heterocycles. The Morgan fingerprint density at radius 3 is 0.971 bits per heavy atom. The molecule has 0 aromatic rings. The van der Waals surface area contributed by atoms with E-state index < -0.39 is 12.1 Å². The lowest BCUT2D eigenvalue weighted by Crippen LogP contribution is -2.45. The van der Waals surface area contributed by atoms with Crippen molar-refractivity contribution >= 4 is 5.91 Å². The molecule has 0 radical (unpaired) electrons. The number of unbranched alkanes of at least 4 members (excludes halogenated alkanes) is 33. The van der Waals surface area contributed by atoms with Crippen molar-refractivity contribution in [1.29, 1.82) is 0 Å². The number of amides is 1. The number of allylic oxidation sites excluding steroid dienone is 14. The molecule has 0 rings (SSSR count). The van der Waals surface area contributed by atoms with E-state index in [2.05, 4.69) is 104 Å². The lowest BCUT2D eigenvalue weighted by Gasteiger charge is -2.22. The van der Waals surface area contributed by atoms with Gasteiger partial charge in [0.1, 0.15) is 0 Å². The van der Waals surface area contributed by atoms with Gasteiger partial charge in [0.05, 0.1) is 18.8 Å². The standard InChI is InChI=1S/C64H115NO3/c1-3-5-7-9-11-13-15-17-19-21-23-25-27-28-29-30-31-32-33-34-35-36-38-40-42-44-46-48-50-52-54-56-58-60-64(68)65-62(61-66)63(67)59-57-55-53-51-49-47-45-43-41-39-37-26-24-22-20-18-16-14-12-10-8-6-4-2/h5,7,11,13,17,19,23,25,28-29,31-32,34-35,62-63,66-67H,3-4,6,8-10,12,14-16,18,20-22,24,26-27,30,33,36-61H2,1-2H3,(H,65,68)/b7-5-,13-11-,19-17-,25-23-,29-28-,32-31-,35-34-. The average Bonchev–Trinajstić information content (AvgIpc) is 3.34. The van der Waals surface area contributed by atoms with E-state index in [1.807, 2.05) is 0 Å². The summed E-state index contributed by atoms with van der Waals surface area (Å²) in [5.74, 6) is -0.0344. The molecule has 0 bridgehead atoms. The summed E-state index contributed by atoms with van der Waals surface area (Å²) in [5.41, 5.74) is 0. The second-order valence-electron chi connectivity index (χ2n) is 20.0. The number of hydrogen-bond acceptors (Lipinski definition) is 3. The van der Waals surface area contributed by atoms with Gasteiger partial charge in [-0.05, 0) is 70.6 Å². The first-order chi connectivity index (χ1) is 33.7. The van der Waals surface area contributed by atoms with E-state index in [-0.39, 0.29) is 12.5 Å². The molecule has 0 aromatic heterocycles. The second kappa shape index (κ2) is 58.9. The monoisotopic (exact) mass is 946 g/mol. The van der Waals surface area contributed by atoms with Gasteiger partial charge in [-0.15, -0.1) is 0 Å². The largest absolute Gasteiger partial charge is 0.394 e. The van der Waals surface area contributed by atoms with Crippen LogP contribution >= 0.6 is 0 Å². The number of aliphatic hydroxyl groups excluding tert-OH is 2. The average molecular weight is 947 g/mol. The molecule has 4 heteroatoms. The fourth-order valence-electron chi connectivity index (χ4n) is 8.93. The highest BCUT2D eigenvalue weighted by Crippen LogP contribution is 2.17. The molecule has 394 valence electrons. The van der Waals surface area contributed by atoms with Crippen molar-refractivity contribution in [3.05, 3.63) is 85.1 Å². The predicted molar refractivity (Wildman–Crippen MR) is 303 cm³/mol. The zero-order valence-electron chi connectivity index (χ0n) is 45.4. The van der Waals surface area contributed by atoms with Crippen molar-refractivity contribution in [2.75, 3.05) is 6.61 Å². The minimum Gasteiger partial charge on any atom is -0.394 e. The first-order valence-corrected chi connectivity index (χ1v) is 29.8. The molecule has 0 aromatic carbocycles. The van der Waals surface area contributed by atoms with Crippen molar-refractivity contribution in [2.24, 2.45) is 0 Å². The maximum atomic E-state index is 12.5. The highest BCUT2D eigenvalue weighted by molar-refractivity contribution is 5.76. The third-order valence-corrected chi connectivity index (χ3v) is 13.4. The van der Waals surface area contributed by atoms with Gasteiger partial charge < -0.3 is 15.5 Å². The van der Waals surface area contributed by atoms with Crippen LogP contribution in [0, 0.1) is 0 Å². The third-order valence-electron chi connectivity index (χ3n) is 13.4. The highest BCUT2D eigenvalue weighted by atomic mass is 16.3. The summed E-state index contributed by atoms with van der Waals surface area (Å²) in [7, 11) is 0. The number of rotatable bonds is 54. The molecule has 2 atom stereocenters. The van der Waals surface area contributed by atoms with Crippen molar-refractivity contribution in [3.8, 4) is 0 Å². The van der Waals surface area contributed by atoms with Crippen LogP contribution in [0.1, 0.15) is 296 Å². The minimum atomic E-state index is -0.666. The number of nitrogens with one attached hydrogen (secondary N) is 1. The van der Waals surface area contributed by atoms with Crippen molar-refractivity contribution in [3.63, 3.8) is 0 Å². The number of carbonyl (C=O) groups excluding carboxylic acids is 1. The van der Waals surface area contributed by atoms with Crippen LogP contribution in [0.4, 0.5) is 0 Å². The zero-order valence-corrected chi connectivity index (χ0v) is 45.4. The topological polar surface area (TPSA) is 69.6 Å². The zero-order chi connectivity index (χ0) is 49.2. The van der Waals surface area contributed by atoms with Gasteiger partial charge in [-0.3, -0.25) is 4.79 Å². The van der Waals surface area contributed by atoms with Gasteiger partial charge in [0, 0.05) is 6.42 Å². The van der Waals surface area contributed by atoms with E-state index in [1.54, 1.807) is 0 Å². The van der Waals surface area contributed by atoms with Crippen LogP contribution in [0.25, 0.3) is 0 Å². The van der Waals surface area contributed by atoms with E-state index in [4.69, 9.17) is 0 Å². The molecule has 0 saturated carbocycles. The van der Waals surface area contributed by atoms with Crippen LogP contribution in [0.15, 0.2) is 85.1 Å². The SMILES string of the molecule is CC/C=C\C/C=C\C/C=C\C/C=C\C/C=C\C/C=C\C/C=C\CCCCCCCCCCCCCC(=O)NC(CO)C(O)CCCCCCCCCCCCCCCCCCCCCCCCC. The summed E-state index contributed by atoms with van der Waals surface area (Å²) in [4.78, 5) is 12.5. The minimum absolute atomic E-state index is 0.0344. The molecular weight excluding hydrogens is 831 g/mol. The third kappa shape index (κ3) is 54.5. The van der Waals surface area contributed by atoms with E-state index >= 15 is 0 Å². The Morgan fingerprint density at radius 2 is 0.647 bits per heavy atom. The normalized spacial score (nSPS) is 13.4. The van der Waals surface area contributed by atoms with Crippen LogP contribution in [0.2, 0.25) is 0 Å². The fraction of sp³-hybridized carbons (Fsp3) is 0.766. The number of carbonyl (C=O) groups is 1. The van der Waals surface area contributed by atoms with Gasteiger partial charge in [0.2, 0.25) is 5.91 Å². The summed E-state index contributed by atoms with van der Waals surface area (Å²) in [5, 5.41) is 23.4. The Balaban J connectivity index is 3.51. The lowest BCUT2D eigenvalue weighted by atomic mass is 10.0. The van der Waals surface area contributed by atoms with Gasteiger partial charge in [-0.25, -0.2) is 0 Å². The fourth-order valence-corrected chi connectivity index (χ4v) is 8.93. The Bertz CT molecular complexity index is 1210. The summed E-state index contributed by atoms with van der Waals surface area (Å²) >= 11 is 0. The van der Waals surface area contributed by atoms with Gasteiger partial charge in [0.15, 0.2) is 0 Å². The molecule has 68 heavy (non-hydrogen) atoms. The van der Waals surface area contributed by atoms with E-state index in [0.29, 0.717) is 12.8 Å². The van der Waals surface area contributed by atoms with E-state index in [1.165, 1.54) is 199 Å². The van der Waals surface area contributed by atoms with Crippen molar-refractivity contribution in [1.82, 2.24) is 5.32 Å². The second-order valence-corrected chi connectivity index (χ2v) is 20.0. The molecule has 0 heterocycles. The van der Waals surface area contributed by atoms with Crippen molar-refractivity contribution < 1.29 is 15.0 Å². The van der Waals surface area contributed by atoms with Gasteiger partial charge in [0.25, 0.3) is 0 Å². The summed E-state index contributed by atoms with van der Waals surface area (Å²) in [6.07, 6.45) is 85.7. The first-order valence-electron chi connectivity index (χ1n) is 29.8. The molecule has 0 aliphatic carbocycles. The van der Waals surface area contributed by atoms with Gasteiger partial charge in [-0.2, -0.15) is 0 Å². The van der Waals surface area contributed by atoms with E-state index in [0.717, 1.165) is 70.6 Å². The smallest absolute Gasteiger partial charge is 0.220 e. The maximum Gasteiger partial charge on any atom is 0.220 e. The summed E-state index contributed by atoms with van der Waals surface area (Å²) in [6.45, 7) is 4.26. The molecule has 4 nitrogen and oxygen atoms in total. The van der Waals surface area contributed by atoms with E-state index in [9.17, 15) is 15.0 Å². The number of aliphatic hydroxyl groups is 2. The lowest BCUT2D eigenvalue weighted by molar-refractivity contribution is -0.123. The Hall–Kier alpha value is -2.43. The van der Waals surface area contributed by atoms with Crippen LogP contribution in [0.5, 0.6) is 0 Å². The predicted octanol–water partition coefficient (Wildman–Crippen LogP) is 19.9. The van der Waals surface area contributed by atoms with Crippen LogP contribution in [0.3, 0.4) is 0 Å². The Labute approximate surface area is 424 Å².